The van der Waals surface area contributed by atoms with Crippen molar-refractivity contribution in [3.8, 4) is 0 Å². The van der Waals surface area contributed by atoms with E-state index in [0.29, 0.717) is 6.42 Å². The summed E-state index contributed by atoms with van der Waals surface area (Å²) in [6.07, 6.45) is 1.14. The Balaban J connectivity index is 2.66. The number of rotatable bonds is 4. The number of halogens is 3. The lowest BCUT2D eigenvalue weighted by Gasteiger charge is -2.09. The smallest absolute Gasteiger partial charge is 0.194 e. The minimum absolute atomic E-state index is 0.232. The quantitative estimate of drug-likeness (QED) is 0.701. The summed E-state index contributed by atoms with van der Waals surface area (Å²) < 4.78 is 38.6. The van der Waals surface area contributed by atoms with E-state index in [9.17, 15) is 13.2 Å². The first-order valence-corrected chi connectivity index (χ1v) is 4.79. The Kier molecular flexibility index (Phi) is 4.15. The second-order valence-electron chi connectivity index (χ2n) is 3.74. The third-order valence-corrected chi connectivity index (χ3v) is 2.17. The average Bonchev–Trinajstić information content (AvgIpc) is 2.18. The molecule has 0 saturated carbocycles. The van der Waals surface area contributed by atoms with Gasteiger partial charge in [-0.2, -0.15) is 0 Å². The zero-order valence-corrected chi connectivity index (χ0v) is 8.86. The highest BCUT2D eigenvalue weighted by atomic mass is 19.2. The van der Waals surface area contributed by atoms with Gasteiger partial charge in [-0.05, 0) is 45.1 Å². The number of hydrogen-bond acceptors (Lipinski definition) is 1. The molecule has 0 aliphatic carbocycles. The Labute approximate surface area is 87.5 Å². The maximum Gasteiger partial charge on any atom is 0.194 e. The van der Waals surface area contributed by atoms with Gasteiger partial charge < -0.3 is 4.90 Å². The van der Waals surface area contributed by atoms with Crippen molar-refractivity contribution in [3.05, 3.63) is 35.1 Å². The lowest BCUT2D eigenvalue weighted by Crippen LogP contribution is -2.14. The summed E-state index contributed by atoms with van der Waals surface area (Å²) in [7, 11) is 3.81. The molecule has 4 heteroatoms. The van der Waals surface area contributed by atoms with Crippen molar-refractivity contribution in [3.63, 3.8) is 0 Å². The van der Waals surface area contributed by atoms with Crippen LogP contribution in [0.25, 0.3) is 0 Å². The number of hydrogen-bond donors (Lipinski definition) is 0. The molecule has 0 saturated heterocycles. The van der Waals surface area contributed by atoms with Crippen molar-refractivity contribution < 1.29 is 13.2 Å². The van der Waals surface area contributed by atoms with Crippen LogP contribution in [0, 0.1) is 17.5 Å². The lowest BCUT2D eigenvalue weighted by atomic mass is 10.1. The summed E-state index contributed by atoms with van der Waals surface area (Å²) in [5, 5.41) is 0. The van der Waals surface area contributed by atoms with E-state index in [1.165, 1.54) is 6.07 Å². The van der Waals surface area contributed by atoms with Gasteiger partial charge in [0.05, 0.1) is 0 Å². The van der Waals surface area contributed by atoms with Crippen LogP contribution in [0.2, 0.25) is 0 Å². The molecule has 0 N–H and O–H groups in total. The van der Waals surface area contributed by atoms with Crippen LogP contribution >= 0.6 is 0 Å². The highest BCUT2D eigenvalue weighted by Gasteiger charge is 2.12. The molecule has 0 unspecified atom stereocenters. The van der Waals surface area contributed by atoms with Crippen molar-refractivity contribution in [1.82, 2.24) is 4.90 Å². The van der Waals surface area contributed by atoms with Gasteiger partial charge >= 0.3 is 0 Å². The fourth-order valence-corrected chi connectivity index (χ4v) is 1.34. The number of benzene rings is 1. The topological polar surface area (TPSA) is 3.24 Å². The summed E-state index contributed by atoms with van der Waals surface area (Å²) >= 11 is 0. The van der Waals surface area contributed by atoms with E-state index in [4.69, 9.17) is 0 Å². The summed E-state index contributed by atoms with van der Waals surface area (Å²) in [4.78, 5) is 1.96. The largest absolute Gasteiger partial charge is 0.309 e. The van der Waals surface area contributed by atoms with Gasteiger partial charge in [-0.15, -0.1) is 0 Å². The Hall–Kier alpha value is -1.03. The van der Waals surface area contributed by atoms with Crippen LogP contribution in [0.1, 0.15) is 12.0 Å². The monoisotopic (exact) mass is 217 g/mol. The lowest BCUT2D eigenvalue weighted by molar-refractivity contribution is 0.395. The van der Waals surface area contributed by atoms with Crippen LogP contribution in [0.5, 0.6) is 0 Å². The van der Waals surface area contributed by atoms with Gasteiger partial charge in [0.25, 0.3) is 0 Å². The highest BCUT2D eigenvalue weighted by molar-refractivity contribution is 5.20. The molecule has 0 aliphatic heterocycles. The Morgan fingerprint density at radius 1 is 1.07 bits per heavy atom. The molecule has 0 amide bonds. The molecular formula is C11H14F3N. The third kappa shape index (κ3) is 3.23. The summed E-state index contributed by atoms with van der Waals surface area (Å²) in [5.74, 6) is -3.57. The molecule has 0 heterocycles. The van der Waals surface area contributed by atoms with Crippen LogP contribution in [-0.2, 0) is 6.42 Å². The van der Waals surface area contributed by atoms with E-state index in [-0.39, 0.29) is 5.56 Å². The molecule has 0 atom stereocenters. The van der Waals surface area contributed by atoms with Crippen molar-refractivity contribution in [2.75, 3.05) is 20.6 Å². The van der Waals surface area contributed by atoms with Crippen LogP contribution in [-0.4, -0.2) is 25.5 Å². The molecule has 0 aromatic heterocycles. The molecule has 0 radical (unpaired) electrons. The molecule has 0 aliphatic rings. The van der Waals surface area contributed by atoms with Gasteiger partial charge in [-0.25, -0.2) is 13.2 Å². The van der Waals surface area contributed by atoms with E-state index in [2.05, 4.69) is 0 Å². The van der Waals surface area contributed by atoms with Crippen molar-refractivity contribution in [2.45, 2.75) is 12.8 Å². The Morgan fingerprint density at radius 3 is 2.33 bits per heavy atom. The maximum atomic E-state index is 13.2. The van der Waals surface area contributed by atoms with Crippen LogP contribution in [0.4, 0.5) is 13.2 Å². The summed E-state index contributed by atoms with van der Waals surface area (Å²) in [5.41, 5.74) is 0.232. The van der Waals surface area contributed by atoms with Crippen LogP contribution in [0.3, 0.4) is 0 Å². The van der Waals surface area contributed by atoms with E-state index in [1.807, 2.05) is 19.0 Å². The van der Waals surface area contributed by atoms with Gasteiger partial charge in [0, 0.05) is 0 Å². The number of nitrogens with zero attached hydrogens (tertiary/aromatic N) is 1. The Morgan fingerprint density at radius 2 is 1.73 bits per heavy atom. The fraction of sp³-hybridized carbons (Fsp3) is 0.455. The van der Waals surface area contributed by atoms with E-state index in [0.717, 1.165) is 19.0 Å². The first kappa shape index (κ1) is 12.0. The molecule has 15 heavy (non-hydrogen) atoms. The van der Waals surface area contributed by atoms with Crippen molar-refractivity contribution in [2.24, 2.45) is 0 Å². The molecule has 1 aromatic rings. The molecular weight excluding hydrogens is 203 g/mol. The van der Waals surface area contributed by atoms with Gasteiger partial charge in [0.2, 0.25) is 0 Å². The standard InChI is InChI=1S/C11H14F3N/c1-15(2)7-3-4-8-5-6-9(12)11(14)10(8)13/h5-6H,3-4,7H2,1-2H3. The molecule has 1 rings (SSSR count). The fourth-order valence-electron chi connectivity index (χ4n) is 1.34. The SMILES string of the molecule is CN(C)CCCc1ccc(F)c(F)c1F. The zero-order chi connectivity index (χ0) is 11.4. The predicted octanol–water partition coefficient (Wildman–Crippen LogP) is 2.60. The molecule has 0 fully saturated rings. The van der Waals surface area contributed by atoms with Gasteiger partial charge in [0.15, 0.2) is 17.5 Å². The normalized spacial score (nSPS) is 11.1. The Bertz CT molecular complexity index is 337. The second kappa shape index (κ2) is 5.16. The van der Waals surface area contributed by atoms with Crippen LogP contribution in [0.15, 0.2) is 12.1 Å². The van der Waals surface area contributed by atoms with E-state index < -0.39 is 17.5 Å². The van der Waals surface area contributed by atoms with Crippen molar-refractivity contribution in [1.29, 1.82) is 0 Å². The predicted molar refractivity (Wildman–Crippen MR) is 53.2 cm³/mol. The van der Waals surface area contributed by atoms with Crippen molar-refractivity contribution >= 4 is 0 Å². The van der Waals surface area contributed by atoms with Gasteiger partial charge in [-0.1, -0.05) is 6.07 Å². The minimum Gasteiger partial charge on any atom is -0.309 e. The zero-order valence-electron chi connectivity index (χ0n) is 8.86. The van der Waals surface area contributed by atoms with E-state index in [1.54, 1.807) is 0 Å². The highest BCUT2D eigenvalue weighted by Crippen LogP contribution is 2.16. The molecule has 0 spiro atoms. The molecule has 1 aromatic carbocycles. The minimum atomic E-state index is -1.38. The first-order valence-electron chi connectivity index (χ1n) is 4.79. The van der Waals surface area contributed by atoms with Crippen LogP contribution < -0.4 is 0 Å². The molecule has 0 bridgehead atoms. The van der Waals surface area contributed by atoms with Gasteiger partial charge in [-0.3, -0.25) is 0 Å². The summed E-state index contributed by atoms with van der Waals surface area (Å²) in [6.45, 7) is 0.790. The van der Waals surface area contributed by atoms with Gasteiger partial charge in [0.1, 0.15) is 0 Å². The number of aryl methyl sites for hydroxylation is 1. The molecule has 1 nitrogen and oxygen atoms in total. The summed E-state index contributed by atoms with van der Waals surface area (Å²) in [6, 6.07) is 2.26. The van der Waals surface area contributed by atoms with E-state index >= 15 is 0 Å². The molecule has 84 valence electrons. The second-order valence-corrected chi connectivity index (χ2v) is 3.74. The third-order valence-electron chi connectivity index (χ3n) is 2.17. The first-order chi connectivity index (χ1) is 7.02. The average molecular weight is 217 g/mol. The maximum absolute atomic E-state index is 13.2.